The zero-order valence-corrected chi connectivity index (χ0v) is 10.3. The zero-order chi connectivity index (χ0) is 12.5. The van der Waals surface area contributed by atoms with Crippen molar-refractivity contribution < 1.29 is 9.84 Å². The summed E-state index contributed by atoms with van der Waals surface area (Å²) in [5.74, 6) is 1.80. The van der Waals surface area contributed by atoms with Crippen LogP contribution in [0.2, 0.25) is 0 Å². The Hall–Kier alpha value is -1.81. The third-order valence-electron chi connectivity index (χ3n) is 3.36. The summed E-state index contributed by atoms with van der Waals surface area (Å²) in [5.41, 5.74) is 2.05. The Morgan fingerprint density at radius 2 is 2.39 bits per heavy atom. The summed E-state index contributed by atoms with van der Waals surface area (Å²) in [5, 5.41) is 9.97. The first-order chi connectivity index (χ1) is 8.74. The van der Waals surface area contributed by atoms with Gasteiger partial charge in [-0.2, -0.15) is 0 Å². The van der Waals surface area contributed by atoms with Crippen LogP contribution in [0.4, 0.5) is 0 Å². The highest BCUT2D eigenvalue weighted by molar-refractivity contribution is 5.40. The van der Waals surface area contributed by atoms with Crippen molar-refractivity contribution in [3.63, 3.8) is 0 Å². The maximum absolute atomic E-state index is 9.97. The molecule has 0 spiro atoms. The summed E-state index contributed by atoms with van der Waals surface area (Å²) in [6.45, 7) is 3.34. The van der Waals surface area contributed by atoms with Crippen molar-refractivity contribution in [2.45, 2.75) is 26.0 Å². The summed E-state index contributed by atoms with van der Waals surface area (Å²) in [6, 6.07) is 6.01. The van der Waals surface area contributed by atoms with Gasteiger partial charge in [0.2, 0.25) is 0 Å². The summed E-state index contributed by atoms with van der Waals surface area (Å²) in [4.78, 5) is 4.20. The van der Waals surface area contributed by atoms with Crippen molar-refractivity contribution in [1.82, 2.24) is 9.55 Å². The van der Waals surface area contributed by atoms with Crippen molar-refractivity contribution in [2.24, 2.45) is 0 Å². The van der Waals surface area contributed by atoms with E-state index in [1.165, 1.54) is 0 Å². The molecule has 18 heavy (non-hydrogen) atoms. The van der Waals surface area contributed by atoms with Crippen LogP contribution in [-0.4, -0.2) is 21.3 Å². The highest BCUT2D eigenvalue weighted by Gasteiger charge is 2.19. The van der Waals surface area contributed by atoms with E-state index in [2.05, 4.69) is 9.55 Å². The third kappa shape index (κ3) is 1.99. The molecule has 4 heteroatoms. The van der Waals surface area contributed by atoms with Crippen LogP contribution in [0.3, 0.4) is 0 Å². The number of nitrogens with zero attached hydrogens (tertiary/aromatic N) is 2. The molecule has 0 amide bonds. The minimum Gasteiger partial charge on any atom is -0.493 e. The van der Waals surface area contributed by atoms with E-state index in [4.69, 9.17) is 4.74 Å². The highest BCUT2D eigenvalue weighted by atomic mass is 16.5. The first-order valence-corrected chi connectivity index (χ1v) is 6.15. The number of aryl methyl sites for hydroxylation is 1. The number of hydrogen-bond donors (Lipinski definition) is 1. The second-order valence-electron chi connectivity index (χ2n) is 4.63. The Balaban J connectivity index is 1.90. The first-order valence-electron chi connectivity index (χ1n) is 6.15. The Bertz CT molecular complexity index is 563. The van der Waals surface area contributed by atoms with Gasteiger partial charge in [-0.1, -0.05) is 6.07 Å². The third-order valence-corrected chi connectivity index (χ3v) is 3.36. The van der Waals surface area contributed by atoms with Crippen molar-refractivity contribution in [3.8, 4) is 5.75 Å². The lowest BCUT2D eigenvalue weighted by molar-refractivity contribution is 0.115. The Morgan fingerprint density at radius 1 is 1.50 bits per heavy atom. The molecule has 94 valence electrons. The van der Waals surface area contributed by atoms with Gasteiger partial charge in [-0.3, -0.25) is 0 Å². The molecule has 0 bridgehead atoms. The number of imidazole rings is 1. The van der Waals surface area contributed by atoms with Crippen molar-refractivity contribution >= 4 is 0 Å². The van der Waals surface area contributed by atoms with Gasteiger partial charge in [0.25, 0.3) is 0 Å². The molecular weight excluding hydrogens is 228 g/mol. The monoisotopic (exact) mass is 244 g/mol. The highest BCUT2D eigenvalue weighted by Crippen LogP contribution is 2.32. The molecule has 1 unspecified atom stereocenters. The maximum Gasteiger partial charge on any atom is 0.125 e. The molecule has 2 aromatic rings. The number of rotatable bonds is 2. The largest absolute Gasteiger partial charge is 0.493 e. The van der Waals surface area contributed by atoms with Crippen LogP contribution in [0.25, 0.3) is 0 Å². The van der Waals surface area contributed by atoms with Crippen LogP contribution in [0.1, 0.15) is 29.5 Å². The molecule has 4 nitrogen and oxygen atoms in total. The van der Waals surface area contributed by atoms with Gasteiger partial charge in [0.05, 0.1) is 12.7 Å². The van der Waals surface area contributed by atoms with Gasteiger partial charge in [0.15, 0.2) is 0 Å². The van der Waals surface area contributed by atoms with Gasteiger partial charge in [-0.15, -0.1) is 0 Å². The number of ether oxygens (including phenoxy) is 1. The Morgan fingerprint density at radius 3 is 3.17 bits per heavy atom. The number of fused-ring (bicyclic) bond motifs is 1. The van der Waals surface area contributed by atoms with Gasteiger partial charge >= 0.3 is 0 Å². The molecule has 0 saturated heterocycles. The molecule has 0 radical (unpaired) electrons. The topological polar surface area (TPSA) is 47.3 Å². The zero-order valence-electron chi connectivity index (χ0n) is 10.3. The maximum atomic E-state index is 9.97. The van der Waals surface area contributed by atoms with Crippen molar-refractivity contribution in [2.75, 3.05) is 6.61 Å². The molecule has 1 aliphatic heterocycles. The summed E-state index contributed by atoms with van der Waals surface area (Å²) < 4.78 is 7.61. The van der Waals surface area contributed by atoms with Crippen LogP contribution in [0, 0.1) is 6.92 Å². The van der Waals surface area contributed by atoms with E-state index in [0.29, 0.717) is 13.0 Å². The van der Waals surface area contributed by atoms with Gasteiger partial charge in [0.1, 0.15) is 11.6 Å². The molecule has 1 aromatic carbocycles. The van der Waals surface area contributed by atoms with Crippen molar-refractivity contribution in [3.05, 3.63) is 47.5 Å². The van der Waals surface area contributed by atoms with E-state index in [1.807, 2.05) is 31.3 Å². The van der Waals surface area contributed by atoms with Crippen molar-refractivity contribution in [1.29, 1.82) is 0 Å². The van der Waals surface area contributed by atoms with E-state index in [9.17, 15) is 5.11 Å². The quantitative estimate of drug-likeness (QED) is 0.879. The number of aromatic nitrogens is 2. The fourth-order valence-electron chi connectivity index (χ4n) is 2.29. The fraction of sp³-hybridized carbons (Fsp3) is 0.357. The van der Waals surface area contributed by atoms with Gasteiger partial charge in [-0.05, 0) is 24.6 Å². The second-order valence-corrected chi connectivity index (χ2v) is 4.63. The van der Waals surface area contributed by atoms with E-state index in [1.54, 1.807) is 6.20 Å². The first kappa shape index (κ1) is 11.3. The molecule has 3 rings (SSSR count). The standard InChI is InChI=1S/C14H16N2O2/c1-10-15-5-6-16(10)9-11-2-3-14-12(8-11)13(17)4-7-18-14/h2-3,5-6,8,13,17H,4,7,9H2,1H3. The number of aliphatic hydroxyl groups excluding tert-OH is 1. The summed E-state index contributed by atoms with van der Waals surface area (Å²) in [7, 11) is 0. The smallest absolute Gasteiger partial charge is 0.125 e. The molecule has 1 aliphatic rings. The molecular formula is C14H16N2O2. The molecule has 0 aliphatic carbocycles. The SMILES string of the molecule is Cc1nccn1Cc1ccc2c(c1)C(O)CCO2. The average Bonchev–Trinajstić information content (AvgIpc) is 2.76. The lowest BCUT2D eigenvalue weighted by Crippen LogP contribution is -2.14. The van der Waals surface area contributed by atoms with Crippen LogP contribution in [0.15, 0.2) is 30.6 Å². The minimum atomic E-state index is -0.405. The predicted molar refractivity (Wildman–Crippen MR) is 67.6 cm³/mol. The Kier molecular flexibility index (Phi) is 2.80. The fourth-order valence-corrected chi connectivity index (χ4v) is 2.29. The van der Waals surface area contributed by atoms with Crippen LogP contribution >= 0.6 is 0 Å². The van der Waals surface area contributed by atoms with E-state index in [0.717, 1.165) is 29.2 Å². The molecule has 1 atom stereocenters. The molecule has 1 N–H and O–H groups in total. The molecule has 1 aromatic heterocycles. The average molecular weight is 244 g/mol. The summed E-state index contributed by atoms with van der Waals surface area (Å²) >= 11 is 0. The van der Waals surface area contributed by atoms with E-state index >= 15 is 0 Å². The molecule has 0 saturated carbocycles. The van der Waals surface area contributed by atoms with E-state index in [-0.39, 0.29) is 0 Å². The lowest BCUT2D eigenvalue weighted by atomic mass is 10.0. The van der Waals surface area contributed by atoms with Gasteiger partial charge < -0.3 is 14.4 Å². The Labute approximate surface area is 106 Å². The summed E-state index contributed by atoms with van der Waals surface area (Å²) in [6.07, 6.45) is 4.02. The minimum absolute atomic E-state index is 0.405. The normalized spacial score (nSPS) is 18.2. The van der Waals surface area contributed by atoms with Crippen LogP contribution in [-0.2, 0) is 6.54 Å². The van der Waals surface area contributed by atoms with Gasteiger partial charge in [0, 0.05) is 30.9 Å². The predicted octanol–water partition coefficient (Wildman–Crippen LogP) is 2.06. The second kappa shape index (κ2) is 4.46. The number of benzene rings is 1. The van der Waals surface area contributed by atoms with E-state index < -0.39 is 6.10 Å². The van der Waals surface area contributed by atoms with Crippen LogP contribution in [0.5, 0.6) is 5.75 Å². The number of aliphatic hydroxyl groups is 1. The lowest BCUT2D eigenvalue weighted by Gasteiger charge is -2.22. The van der Waals surface area contributed by atoms with Gasteiger partial charge in [-0.25, -0.2) is 4.98 Å². The number of hydrogen-bond acceptors (Lipinski definition) is 3. The molecule has 0 fully saturated rings. The molecule has 2 heterocycles. The van der Waals surface area contributed by atoms with Crippen LogP contribution < -0.4 is 4.74 Å².